The third-order valence-electron chi connectivity index (χ3n) is 2.61. The largest absolute Gasteiger partial charge is 0.392 e. The minimum absolute atomic E-state index is 0.229. The first-order valence-corrected chi connectivity index (χ1v) is 4.96. The van der Waals surface area contributed by atoms with E-state index >= 15 is 0 Å². The average molecular weight is 175 g/mol. The lowest BCUT2D eigenvalue weighted by molar-refractivity contribution is 0.130. The van der Waals surface area contributed by atoms with Crippen molar-refractivity contribution < 1.29 is 5.11 Å². The van der Waals surface area contributed by atoms with E-state index in [0.29, 0.717) is 0 Å². The second-order valence-corrected chi connectivity index (χ2v) is 3.88. The molecule has 3 heteroatoms. The maximum atomic E-state index is 9.30. The zero-order valence-corrected chi connectivity index (χ0v) is 8.24. The summed E-state index contributed by atoms with van der Waals surface area (Å²) in [5.74, 6) is 0.864. The summed E-state index contributed by atoms with van der Waals surface area (Å²) in [4.78, 5) is 0. The van der Waals surface area contributed by atoms with Gasteiger partial charge in [-0.05, 0) is 19.3 Å². The van der Waals surface area contributed by atoms with E-state index in [4.69, 9.17) is 0 Å². The number of hydrogen-bond acceptors (Lipinski definition) is 2. The van der Waals surface area contributed by atoms with Crippen LogP contribution < -0.4 is 5.09 Å². The average Bonchev–Trinajstić information content (AvgIpc) is 1.85. The van der Waals surface area contributed by atoms with Crippen LogP contribution in [0, 0.1) is 5.92 Å². The predicted octanol–water partition coefficient (Wildman–Crippen LogP) is 1.31. The van der Waals surface area contributed by atoms with Gasteiger partial charge in [-0.2, -0.15) is 0 Å². The molecule has 1 aliphatic carbocycles. The summed E-state index contributed by atoms with van der Waals surface area (Å²) in [6, 6.07) is 0.269. The summed E-state index contributed by atoms with van der Waals surface area (Å²) >= 11 is 0. The van der Waals surface area contributed by atoms with E-state index in [2.05, 4.69) is 14.5 Å². The Morgan fingerprint density at radius 1 is 1.64 bits per heavy atom. The highest BCUT2D eigenvalue weighted by Crippen LogP contribution is 2.31. The molecule has 0 spiro atoms. The van der Waals surface area contributed by atoms with Crippen LogP contribution in [0.5, 0.6) is 0 Å². The Morgan fingerprint density at radius 2 is 2.27 bits per heavy atom. The van der Waals surface area contributed by atoms with Crippen LogP contribution in [-0.4, -0.2) is 17.3 Å². The lowest BCUT2D eigenvalue weighted by atomic mass is 9.80. The molecule has 2 nitrogen and oxygen atoms in total. The van der Waals surface area contributed by atoms with E-state index in [9.17, 15) is 5.11 Å². The predicted molar refractivity (Wildman–Crippen MR) is 50.3 cm³/mol. The van der Waals surface area contributed by atoms with Gasteiger partial charge in [0, 0.05) is 6.04 Å². The Hall–Kier alpha value is 0.350. The van der Waals surface area contributed by atoms with Gasteiger partial charge in [0.2, 0.25) is 0 Å². The standard InChI is InChI=1S/C8H18NOP/c1-6(10)8(9-11)5-7-3-2-4-7/h6-10H,2-5,11H2,1H3. The molecule has 0 radical (unpaired) electrons. The summed E-state index contributed by atoms with van der Waals surface area (Å²) in [5.41, 5.74) is 0. The van der Waals surface area contributed by atoms with Gasteiger partial charge < -0.3 is 5.11 Å². The fourth-order valence-corrected chi connectivity index (χ4v) is 1.91. The van der Waals surface area contributed by atoms with Crippen LogP contribution in [0.4, 0.5) is 0 Å². The van der Waals surface area contributed by atoms with Crippen LogP contribution >= 0.6 is 9.39 Å². The molecule has 0 bridgehead atoms. The van der Waals surface area contributed by atoms with E-state index in [1.807, 2.05) is 6.92 Å². The molecule has 3 unspecified atom stereocenters. The molecule has 0 heterocycles. The van der Waals surface area contributed by atoms with Gasteiger partial charge in [-0.25, -0.2) is 0 Å². The SMILES string of the molecule is CC(O)C(CC1CCC1)NP. The van der Waals surface area contributed by atoms with E-state index in [1.54, 1.807) is 0 Å². The zero-order valence-electron chi connectivity index (χ0n) is 7.09. The molecule has 0 saturated heterocycles. The lowest BCUT2D eigenvalue weighted by Gasteiger charge is -2.30. The quantitative estimate of drug-likeness (QED) is 0.631. The minimum atomic E-state index is -0.229. The number of aliphatic hydroxyl groups excluding tert-OH is 1. The highest BCUT2D eigenvalue weighted by Gasteiger charge is 2.23. The Kier molecular flexibility index (Phi) is 3.77. The maximum Gasteiger partial charge on any atom is 0.0667 e. The fourth-order valence-electron chi connectivity index (χ4n) is 1.49. The minimum Gasteiger partial charge on any atom is -0.392 e. The van der Waals surface area contributed by atoms with Crippen molar-refractivity contribution in [2.45, 2.75) is 44.8 Å². The van der Waals surface area contributed by atoms with Gasteiger partial charge in [0.1, 0.15) is 0 Å². The van der Waals surface area contributed by atoms with E-state index in [1.165, 1.54) is 19.3 Å². The number of nitrogens with one attached hydrogen (secondary N) is 1. The number of hydrogen-bond donors (Lipinski definition) is 2. The summed E-state index contributed by atoms with van der Waals surface area (Å²) in [7, 11) is 2.49. The smallest absolute Gasteiger partial charge is 0.0667 e. The van der Waals surface area contributed by atoms with Crippen LogP contribution in [0.1, 0.15) is 32.6 Å². The van der Waals surface area contributed by atoms with Crippen LogP contribution in [0.15, 0.2) is 0 Å². The monoisotopic (exact) mass is 175 g/mol. The number of aliphatic hydroxyl groups is 1. The van der Waals surface area contributed by atoms with Crippen molar-refractivity contribution >= 4 is 9.39 Å². The highest BCUT2D eigenvalue weighted by atomic mass is 31.0. The van der Waals surface area contributed by atoms with Gasteiger partial charge in [0.15, 0.2) is 0 Å². The summed E-state index contributed by atoms with van der Waals surface area (Å²) in [5, 5.41) is 12.4. The van der Waals surface area contributed by atoms with E-state index < -0.39 is 0 Å². The van der Waals surface area contributed by atoms with Crippen molar-refractivity contribution in [1.29, 1.82) is 0 Å². The van der Waals surface area contributed by atoms with Crippen molar-refractivity contribution in [1.82, 2.24) is 5.09 Å². The van der Waals surface area contributed by atoms with E-state index in [-0.39, 0.29) is 12.1 Å². The molecule has 66 valence electrons. The van der Waals surface area contributed by atoms with Gasteiger partial charge >= 0.3 is 0 Å². The van der Waals surface area contributed by atoms with Gasteiger partial charge in [-0.15, -0.1) is 0 Å². The van der Waals surface area contributed by atoms with Crippen molar-refractivity contribution in [3.05, 3.63) is 0 Å². The zero-order chi connectivity index (χ0) is 8.27. The molecular formula is C8H18NOP. The second kappa shape index (κ2) is 4.39. The van der Waals surface area contributed by atoms with E-state index in [0.717, 1.165) is 12.3 Å². The van der Waals surface area contributed by atoms with Gasteiger partial charge in [-0.1, -0.05) is 28.7 Å². The highest BCUT2D eigenvalue weighted by molar-refractivity contribution is 7.13. The molecule has 1 rings (SSSR count). The first kappa shape index (κ1) is 9.44. The molecule has 0 aliphatic heterocycles. The van der Waals surface area contributed by atoms with Crippen molar-refractivity contribution in [3.8, 4) is 0 Å². The first-order valence-electron chi connectivity index (χ1n) is 4.38. The van der Waals surface area contributed by atoms with Crippen LogP contribution in [0.25, 0.3) is 0 Å². The van der Waals surface area contributed by atoms with Gasteiger partial charge in [0.05, 0.1) is 6.10 Å². The number of rotatable bonds is 4. The third-order valence-corrected chi connectivity index (χ3v) is 3.04. The molecule has 11 heavy (non-hydrogen) atoms. The van der Waals surface area contributed by atoms with Crippen molar-refractivity contribution in [2.75, 3.05) is 0 Å². The molecule has 3 atom stereocenters. The summed E-state index contributed by atoms with van der Waals surface area (Å²) in [6.45, 7) is 1.85. The molecule has 0 aromatic heterocycles. The van der Waals surface area contributed by atoms with Gasteiger partial charge in [-0.3, -0.25) is 5.09 Å². The topological polar surface area (TPSA) is 32.3 Å². The van der Waals surface area contributed by atoms with Crippen LogP contribution in [0.3, 0.4) is 0 Å². The molecule has 1 aliphatic rings. The molecule has 1 fully saturated rings. The van der Waals surface area contributed by atoms with Crippen molar-refractivity contribution in [2.24, 2.45) is 5.92 Å². The Morgan fingerprint density at radius 3 is 2.55 bits per heavy atom. The van der Waals surface area contributed by atoms with Crippen LogP contribution in [0.2, 0.25) is 0 Å². The Balaban J connectivity index is 2.19. The maximum absolute atomic E-state index is 9.30. The Labute approximate surface area is 71.0 Å². The molecule has 1 saturated carbocycles. The van der Waals surface area contributed by atoms with Crippen molar-refractivity contribution in [3.63, 3.8) is 0 Å². The first-order chi connectivity index (χ1) is 5.24. The normalized spacial score (nSPS) is 24.3. The Bertz CT molecular complexity index is 115. The molecule has 2 N–H and O–H groups in total. The fraction of sp³-hybridized carbons (Fsp3) is 1.00. The molecule has 0 amide bonds. The lowest BCUT2D eigenvalue weighted by Crippen LogP contribution is -2.35. The second-order valence-electron chi connectivity index (χ2n) is 3.55. The van der Waals surface area contributed by atoms with Gasteiger partial charge in [0.25, 0.3) is 0 Å². The molecule has 0 aromatic rings. The summed E-state index contributed by atoms with van der Waals surface area (Å²) in [6.07, 6.45) is 4.99. The van der Waals surface area contributed by atoms with Crippen LogP contribution in [-0.2, 0) is 0 Å². The molecular weight excluding hydrogens is 157 g/mol. The molecule has 0 aromatic carbocycles. The third kappa shape index (κ3) is 2.70. The summed E-state index contributed by atoms with van der Waals surface area (Å²) < 4.78 is 0.